The second-order valence-corrected chi connectivity index (χ2v) is 5.10. The van der Waals surface area contributed by atoms with E-state index >= 15 is 0 Å². The Morgan fingerprint density at radius 2 is 2.14 bits per heavy atom. The van der Waals surface area contributed by atoms with Crippen LogP contribution in [0.1, 0.15) is 18.4 Å². The molecule has 5 nitrogen and oxygen atoms in total. The van der Waals surface area contributed by atoms with E-state index in [0.717, 1.165) is 25.5 Å². The van der Waals surface area contributed by atoms with Gasteiger partial charge in [0, 0.05) is 24.9 Å². The summed E-state index contributed by atoms with van der Waals surface area (Å²) in [7, 11) is 0. The molecule has 1 fully saturated rings. The van der Waals surface area contributed by atoms with Gasteiger partial charge in [-0.15, -0.1) is 0 Å². The Kier molecular flexibility index (Phi) is 4.57. The van der Waals surface area contributed by atoms with Gasteiger partial charge in [-0.05, 0) is 42.7 Å². The minimum atomic E-state index is -1.09. The highest BCUT2D eigenvalue weighted by Gasteiger charge is 2.24. The zero-order valence-electron chi connectivity index (χ0n) is 11.5. The van der Waals surface area contributed by atoms with Gasteiger partial charge in [-0.3, -0.25) is 4.79 Å². The van der Waals surface area contributed by atoms with Crippen LogP contribution in [0, 0.1) is 11.7 Å². The van der Waals surface area contributed by atoms with Crippen LogP contribution < -0.4 is 10.6 Å². The first-order chi connectivity index (χ1) is 9.95. The van der Waals surface area contributed by atoms with Crippen molar-refractivity contribution in [1.29, 1.82) is 0 Å². The van der Waals surface area contributed by atoms with E-state index < -0.39 is 11.8 Å². The molecule has 2 rings (SSSR count). The van der Waals surface area contributed by atoms with Gasteiger partial charge in [0.1, 0.15) is 5.82 Å². The molecule has 1 aliphatic rings. The third-order valence-corrected chi connectivity index (χ3v) is 3.51. The number of hydrogen-bond donors (Lipinski definition) is 2. The fourth-order valence-electron chi connectivity index (χ4n) is 2.49. The minimum absolute atomic E-state index is 0.236. The molecule has 21 heavy (non-hydrogen) atoms. The fourth-order valence-corrected chi connectivity index (χ4v) is 2.49. The Labute approximate surface area is 121 Å². The van der Waals surface area contributed by atoms with Gasteiger partial charge in [-0.25, -0.2) is 9.18 Å². The largest absolute Gasteiger partial charge is 0.478 e. The molecular weight excluding hydrogens is 275 g/mol. The molecule has 0 aliphatic carbocycles. The molecule has 0 bridgehead atoms. The maximum atomic E-state index is 13.7. The Morgan fingerprint density at radius 3 is 2.81 bits per heavy atom. The van der Waals surface area contributed by atoms with E-state index in [1.807, 2.05) is 4.90 Å². The van der Waals surface area contributed by atoms with Crippen molar-refractivity contribution in [2.75, 3.05) is 18.0 Å². The molecule has 0 saturated carbocycles. The number of hydrogen-bond acceptors (Lipinski definition) is 3. The molecule has 0 aromatic heterocycles. The predicted molar refractivity (Wildman–Crippen MR) is 77.2 cm³/mol. The van der Waals surface area contributed by atoms with Crippen molar-refractivity contribution in [2.24, 2.45) is 11.7 Å². The van der Waals surface area contributed by atoms with Crippen LogP contribution >= 0.6 is 0 Å². The fraction of sp³-hybridized carbons (Fsp3) is 0.333. The molecule has 1 unspecified atom stereocenters. The Hall–Kier alpha value is -2.37. The number of nitrogens with two attached hydrogens (primary N) is 1. The Bertz CT molecular complexity index is 586. The van der Waals surface area contributed by atoms with Gasteiger partial charge < -0.3 is 15.7 Å². The molecule has 1 aliphatic heterocycles. The number of amides is 1. The first kappa shape index (κ1) is 15.0. The van der Waals surface area contributed by atoms with Gasteiger partial charge in [0.2, 0.25) is 5.91 Å². The monoisotopic (exact) mass is 292 g/mol. The van der Waals surface area contributed by atoms with Crippen molar-refractivity contribution in [3.8, 4) is 0 Å². The number of primary amides is 1. The van der Waals surface area contributed by atoms with E-state index in [2.05, 4.69) is 0 Å². The molecular formula is C15H17FN2O3. The lowest BCUT2D eigenvalue weighted by molar-refractivity contribution is -0.131. The summed E-state index contributed by atoms with van der Waals surface area (Å²) in [6.07, 6.45) is 3.85. The normalized spacial score (nSPS) is 18.9. The molecule has 1 amide bonds. The SMILES string of the molecule is NC(=O)C1CCCN(c2cc(F)cc(/C=C/C(=O)O)c2)C1. The highest BCUT2D eigenvalue weighted by Crippen LogP contribution is 2.25. The molecule has 0 spiro atoms. The Morgan fingerprint density at radius 1 is 1.38 bits per heavy atom. The van der Waals surface area contributed by atoms with Gasteiger partial charge in [-0.2, -0.15) is 0 Å². The van der Waals surface area contributed by atoms with Gasteiger partial charge >= 0.3 is 5.97 Å². The second kappa shape index (κ2) is 6.39. The molecule has 6 heteroatoms. The number of carboxylic acids is 1. The van der Waals surface area contributed by atoms with E-state index in [1.165, 1.54) is 18.2 Å². The van der Waals surface area contributed by atoms with E-state index in [0.29, 0.717) is 17.8 Å². The summed E-state index contributed by atoms with van der Waals surface area (Å²) in [4.78, 5) is 23.7. The molecule has 1 aromatic carbocycles. The number of rotatable bonds is 4. The standard InChI is InChI=1S/C15H17FN2O3/c16-12-6-10(3-4-14(19)20)7-13(8-12)18-5-1-2-11(9-18)15(17)21/h3-4,6-8,11H,1-2,5,9H2,(H2,17,21)(H,19,20)/b4-3+. The van der Waals surface area contributed by atoms with Gasteiger partial charge in [-0.1, -0.05) is 0 Å². The number of nitrogens with zero attached hydrogens (tertiary/aromatic N) is 1. The summed E-state index contributed by atoms with van der Waals surface area (Å²) >= 11 is 0. The van der Waals surface area contributed by atoms with Crippen LogP contribution in [0.5, 0.6) is 0 Å². The first-order valence-corrected chi connectivity index (χ1v) is 6.71. The van der Waals surface area contributed by atoms with Crippen molar-refractivity contribution in [2.45, 2.75) is 12.8 Å². The third kappa shape index (κ3) is 4.05. The molecule has 0 radical (unpaired) electrons. The first-order valence-electron chi connectivity index (χ1n) is 6.71. The topological polar surface area (TPSA) is 83.6 Å². The molecule has 1 aromatic rings. The quantitative estimate of drug-likeness (QED) is 0.826. The summed E-state index contributed by atoms with van der Waals surface area (Å²) in [6, 6.07) is 4.34. The van der Waals surface area contributed by atoms with E-state index in [9.17, 15) is 14.0 Å². The summed E-state index contributed by atoms with van der Waals surface area (Å²) in [5.74, 6) is -2.12. The predicted octanol–water partition coefficient (Wildman–Crippen LogP) is 1.63. The van der Waals surface area contributed by atoms with Crippen molar-refractivity contribution in [3.05, 3.63) is 35.7 Å². The Balaban J connectivity index is 2.22. The van der Waals surface area contributed by atoms with Crippen LogP contribution in [0.15, 0.2) is 24.3 Å². The maximum absolute atomic E-state index is 13.7. The zero-order valence-corrected chi connectivity index (χ0v) is 11.5. The van der Waals surface area contributed by atoms with Crippen LogP contribution in [0.25, 0.3) is 6.08 Å². The second-order valence-electron chi connectivity index (χ2n) is 5.10. The van der Waals surface area contributed by atoms with Crippen LogP contribution in [0.2, 0.25) is 0 Å². The number of carbonyl (C=O) groups excluding carboxylic acids is 1. The van der Waals surface area contributed by atoms with E-state index in [4.69, 9.17) is 10.8 Å². The van der Waals surface area contributed by atoms with Crippen LogP contribution in [-0.2, 0) is 9.59 Å². The highest BCUT2D eigenvalue weighted by molar-refractivity contribution is 5.85. The highest BCUT2D eigenvalue weighted by atomic mass is 19.1. The molecule has 1 atom stereocenters. The molecule has 3 N–H and O–H groups in total. The van der Waals surface area contributed by atoms with Crippen LogP contribution in [-0.4, -0.2) is 30.1 Å². The molecule has 1 heterocycles. The average Bonchev–Trinajstić information content (AvgIpc) is 2.44. The van der Waals surface area contributed by atoms with Crippen molar-refractivity contribution < 1.29 is 19.1 Å². The van der Waals surface area contributed by atoms with Crippen LogP contribution in [0.3, 0.4) is 0 Å². The number of carboxylic acid groups (broad SMARTS) is 1. The summed E-state index contributed by atoms with van der Waals surface area (Å²) in [5.41, 5.74) is 6.43. The van der Waals surface area contributed by atoms with Gasteiger partial charge in [0.15, 0.2) is 0 Å². The lowest BCUT2D eigenvalue weighted by Gasteiger charge is -2.33. The van der Waals surface area contributed by atoms with Crippen molar-refractivity contribution >= 4 is 23.6 Å². The van der Waals surface area contributed by atoms with Gasteiger partial charge in [0.25, 0.3) is 0 Å². The summed E-state index contributed by atoms with van der Waals surface area (Å²) in [5, 5.41) is 8.62. The minimum Gasteiger partial charge on any atom is -0.478 e. The number of aliphatic carboxylic acids is 1. The van der Waals surface area contributed by atoms with Crippen LogP contribution in [0.4, 0.5) is 10.1 Å². The van der Waals surface area contributed by atoms with Crippen molar-refractivity contribution in [1.82, 2.24) is 0 Å². The average molecular weight is 292 g/mol. The maximum Gasteiger partial charge on any atom is 0.328 e. The zero-order chi connectivity index (χ0) is 15.4. The van der Waals surface area contributed by atoms with E-state index in [-0.39, 0.29) is 11.8 Å². The number of halogens is 1. The number of benzene rings is 1. The molecule has 112 valence electrons. The summed E-state index contributed by atoms with van der Waals surface area (Å²) < 4.78 is 13.7. The number of anilines is 1. The van der Waals surface area contributed by atoms with E-state index in [1.54, 1.807) is 6.07 Å². The summed E-state index contributed by atoms with van der Waals surface area (Å²) in [6.45, 7) is 1.18. The number of piperidine rings is 1. The van der Waals surface area contributed by atoms with Gasteiger partial charge in [0.05, 0.1) is 5.92 Å². The number of carbonyl (C=O) groups is 2. The lowest BCUT2D eigenvalue weighted by atomic mass is 9.97. The molecule has 1 saturated heterocycles. The third-order valence-electron chi connectivity index (χ3n) is 3.51. The lowest BCUT2D eigenvalue weighted by Crippen LogP contribution is -2.41. The van der Waals surface area contributed by atoms with Crippen molar-refractivity contribution in [3.63, 3.8) is 0 Å². The smallest absolute Gasteiger partial charge is 0.328 e.